The molecule has 2 amide bonds. The number of carbonyl (C=O) groups is 1. The van der Waals surface area contributed by atoms with Crippen LogP contribution in [0.25, 0.3) is 0 Å². The summed E-state index contributed by atoms with van der Waals surface area (Å²) < 4.78 is 27.4. The maximum atomic E-state index is 12.4. The molecule has 130 valence electrons. The molecule has 1 saturated heterocycles. The number of nitrogens with one attached hydrogen (secondary N) is 2. The van der Waals surface area contributed by atoms with Crippen LogP contribution < -0.4 is 10.0 Å². The van der Waals surface area contributed by atoms with E-state index < -0.39 is 10.0 Å². The molecule has 1 aliphatic heterocycles. The van der Waals surface area contributed by atoms with Crippen LogP contribution in [-0.2, 0) is 23.5 Å². The van der Waals surface area contributed by atoms with E-state index in [9.17, 15) is 13.2 Å². The summed E-state index contributed by atoms with van der Waals surface area (Å²) in [6.07, 6.45) is 4.14. The molecule has 1 unspecified atom stereocenters. The molecule has 1 atom stereocenters. The molecule has 0 spiro atoms. The van der Waals surface area contributed by atoms with Gasteiger partial charge in [0.2, 0.25) is 10.0 Å². The largest absolute Gasteiger partial charge is 0.324 e. The van der Waals surface area contributed by atoms with Gasteiger partial charge in [0.25, 0.3) is 0 Å². The van der Waals surface area contributed by atoms with Crippen molar-refractivity contribution in [3.05, 3.63) is 11.9 Å². The Morgan fingerprint density at radius 1 is 1.48 bits per heavy atom. The van der Waals surface area contributed by atoms with Crippen LogP contribution in [0.4, 0.5) is 10.5 Å². The van der Waals surface area contributed by atoms with Crippen molar-refractivity contribution < 1.29 is 13.2 Å². The van der Waals surface area contributed by atoms with E-state index in [4.69, 9.17) is 0 Å². The molecule has 1 fully saturated rings. The maximum Gasteiger partial charge on any atom is 0.321 e. The third kappa shape index (κ3) is 4.68. The molecular formula is C14H25N5O3S. The van der Waals surface area contributed by atoms with Crippen LogP contribution in [0, 0.1) is 5.92 Å². The number of likely N-dealkylation sites (tertiary alicyclic amines) is 1. The van der Waals surface area contributed by atoms with Gasteiger partial charge in [0.1, 0.15) is 0 Å². The van der Waals surface area contributed by atoms with Gasteiger partial charge < -0.3 is 10.2 Å². The van der Waals surface area contributed by atoms with E-state index in [0.29, 0.717) is 18.8 Å². The van der Waals surface area contributed by atoms with E-state index in [-0.39, 0.29) is 17.7 Å². The molecule has 1 aliphatic rings. The van der Waals surface area contributed by atoms with Crippen molar-refractivity contribution in [2.75, 3.05) is 31.2 Å². The second-order valence-corrected chi connectivity index (χ2v) is 7.86. The number of aromatic nitrogens is 2. The molecular weight excluding hydrogens is 318 g/mol. The lowest BCUT2D eigenvalue weighted by Crippen LogP contribution is -2.44. The summed E-state index contributed by atoms with van der Waals surface area (Å²) in [5.41, 5.74) is 1.55. The minimum absolute atomic E-state index is 0.0357. The summed E-state index contributed by atoms with van der Waals surface area (Å²) in [5.74, 6) is 0.0203. The van der Waals surface area contributed by atoms with E-state index >= 15 is 0 Å². The summed E-state index contributed by atoms with van der Waals surface area (Å²) in [6.45, 7) is 3.08. The van der Waals surface area contributed by atoms with Gasteiger partial charge in [-0.3, -0.25) is 4.68 Å². The van der Waals surface area contributed by atoms with Crippen LogP contribution in [-0.4, -0.2) is 55.0 Å². The predicted molar refractivity (Wildman–Crippen MR) is 88.7 cm³/mol. The number of carbonyl (C=O) groups excluding carboxylic acids is 1. The average molecular weight is 343 g/mol. The lowest BCUT2D eigenvalue weighted by atomic mass is 10.0. The fraction of sp³-hybridized carbons (Fsp3) is 0.714. The Morgan fingerprint density at radius 2 is 2.22 bits per heavy atom. The van der Waals surface area contributed by atoms with Gasteiger partial charge in [0.05, 0.1) is 17.1 Å². The second-order valence-electron chi connectivity index (χ2n) is 5.89. The second kappa shape index (κ2) is 7.31. The maximum absolute atomic E-state index is 12.4. The Morgan fingerprint density at radius 3 is 2.87 bits per heavy atom. The summed E-state index contributed by atoms with van der Waals surface area (Å²) in [5, 5.41) is 7.19. The van der Waals surface area contributed by atoms with Gasteiger partial charge in [-0.1, -0.05) is 6.92 Å². The first-order valence-electron chi connectivity index (χ1n) is 7.84. The monoisotopic (exact) mass is 343 g/mol. The van der Waals surface area contributed by atoms with Gasteiger partial charge >= 0.3 is 6.03 Å². The molecule has 9 heteroatoms. The van der Waals surface area contributed by atoms with Gasteiger partial charge in [-0.05, 0) is 32.2 Å². The van der Waals surface area contributed by atoms with Gasteiger partial charge in [0, 0.05) is 26.3 Å². The third-order valence-electron chi connectivity index (χ3n) is 4.05. The molecule has 8 nitrogen and oxygen atoms in total. The van der Waals surface area contributed by atoms with E-state index in [1.54, 1.807) is 15.8 Å². The molecule has 2 heterocycles. The topological polar surface area (TPSA) is 96.3 Å². The van der Waals surface area contributed by atoms with Crippen LogP contribution in [0.1, 0.15) is 25.5 Å². The van der Waals surface area contributed by atoms with Crippen molar-refractivity contribution in [2.45, 2.75) is 26.2 Å². The highest BCUT2D eigenvalue weighted by Gasteiger charge is 2.27. The molecule has 0 bridgehead atoms. The summed E-state index contributed by atoms with van der Waals surface area (Å²) in [7, 11) is -0.0283. The van der Waals surface area contributed by atoms with Crippen LogP contribution >= 0.6 is 0 Å². The van der Waals surface area contributed by atoms with Crippen molar-refractivity contribution in [3.8, 4) is 0 Å². The van der Waals surface area contributed by atoms with Crippen molar-refractivity contribution in [1.82, 2.24) is 19.4 Å². The van der Waals surface area contributed by atoms with Crippen molar-refractivity contribution in [1.29, 1.82) is 0 Å². The average Bonchev–Trinajstić information content (AvgIpc) is 2.86. The standard InChI is InChI=1S/C14H25N5O3S/c1-4-12-13(9-18(3)17-12)16-14(20)19-7-5-6-11(8-19)10-23(21,22)15-2/h9,11,15H,4-8,10H2,1-3H3,(H,16,20). The lowest BCUT2D eigenvalue weighted by Gasteiger charge is -2.32. The molecule has 1 aromatic rings. The highest BCUT2D eigenvalue weighted by molar-refractivity contribution is 7.89. The molecule has 0 radical (unpaired) electrons. The van der Waals surface area contributed by atoms with E-state index in [2.05, 4.69) is 15.1 Å². The number of anilines is 1. The third-order valence-corrected chi connectivity index (χ3v) is 5.59. The smallest absolute Gasteiger partial charge is 0.321 e. The number of hydrogen-bond acceptors (Lipinski definition) is 4. The zero-order valence-corrected chi connectivity index (χ0v) is 14.7. The Hall–Kier alpha value is -1.61. The number of aryl methyl sites for hydroxylation is 2. The van der Waals surface area contributed by atoms with Crippen LogP contribution in [0.3, 0.4) is 0 Å². The summed E-state index contributed by atoms with van der Waals surface area (Å²) in [4.78, 5) is 14.1. The quantitative estimate of drug-likeness (QED) is 0.825. The zero-order chi connectivity index (χ0) is 17.0. The van der Waals surface area contributed by atoms with Gasteiger partial charge in [-0.2, -0.15) is 5.10 Å². The molecule has 2 N–H and O–H groups in total. The van der Waals surface area contributed by atoms with E-state index in [1.807, 2.05) is 14.0 Å². The molecule has 2 rings (SSSR count). The number of nitrogens with zero attached hydrogens (tertiary/aromatic N) is 3. The molecule has 0 aromatic carbocycles. The Balaban J connectivity index is 1.99. The van der Waals surface area contributed by atoms with Crippen LogP contribution in [0.5, 0.6) is 0 Å². The van der Waals surface area contributed by atoms with Crippen LogP contribution in [0.15, 0.2) is 6.20 Å². The number of rotatable bonds is 5. The molecule has 0 aliphatic carbocycles. The van der Waals surface area contributed by atoms with Crippen molar-refractivity contribution in [3.63, 3.8) is 0 Å². The number of amides is 2. The normalized spacial score (nSPS) is 18.9. The minimum Gasteiger partial charge on any atom is -0.324 e. The molecule has 1 aromatic heterocycles. The zero-order valence-electron chi connectivity index (χ0n) is 13.9. The van der Waals surface area contributed by atoms with Crippen molar-refractivity contribution in [2.24, 2.45) is 13.0 Å². The number of urea groups is 1. The number of sulfonamides is 1. The fourth-order valence-corrected chi connectivity index (χ4v) is 3.93. The molecule has 23 heavy (non-hydrogen) atoms. The van der Waals surface area contributed by atoms with Crippen molar-refractivity contribution >= 4 is 21.7 Å². The fourth-order valence-electron chi connectivity index (χ4n) is 2.87. The van der Waals surface area contributed by atoms with E-state index in [0.717, 1.165) is 25.0 Å². The lowest BCUT2D eigenvalue weighted by molar-refractivity contribution is 0.182. The Bertz CT molecular complexity index is 655. The summed E-state index contributed by atoms with van der Waals surface area (Å²) >= 11 is 0. The molecule has 0 saturated carbocycles. The first-order chi connectivity index (χ1) is 10.8. The summed E-state index contributed by atoms with van der Waals surface area (Å²) in [6, 6.07) is -0.195. The SMILES string of the molecule is CCc1nn(C)cc1NC(=O)N1CCCC(CS(=O)(=O)NC)C1. The number of piperidine rings is 1. The number of hydrogen-bond donors (Lipinski definition) is 2. The first-order valence-corrected chi connectivity index (χ1v) is 9.49. The Kier molecular flexibility index (Phi) is 5.64. The predicted octanol–water partition coefficient (Wildman–Crippen LogP) is 0.776. The minimum atomic E-state index is -3.26. The van der Waals surface area contributed by atoms with Gasteiger partial charge in [-0.25, -0.2) is 17.9 Å². The van der Waals surface area contributed by atoms with E-state index in [1.165, 1.54) is 7.05 Å². The Labute approximate surface area is 137 Å². The van der Waals surface area contributed by atoms with Gasteiger partial charge in [-0.15, -0.1) is 0 Å². The first kappa shape index (κ1) is 17.7. The van der Waals surface area contributed by atoms with Crippen LogP contribution in [0.2, 0.25) is 0 Å². The van der Waals surface area contributed by atoms with Gasteiger partial charge in [0.15, 0.2) is 0 Å². The highest BCUT2D eigenvalue weighted by atomic mass is 32.2. The highest BCUT2D eigenvalue weighted by Crippen LogP contribution is 2.20.